The maximum atomic E-state index is 8.46. The lowest BCUT2D eigenvalue weighted by atomic mass is 10.6. The van der Waals surface area contributed by atoms with Crippen LogP contribution < -0.4 is 0 Å². The number of hydrogen-bond donors (Lipinski definition) is 1. The van der Waals surface area contributed by atoms with Crippen molar-refractivity contribution in [1.82, 2.24) is 0 Å². The Bertz CT molecular complexity index is 32.3. The average Bonchev–Trinajstić information content (AvgIpc) is 1.27. The van der Waals surface area contributed by atoms with Crippen molar-refractivity contribution in [3.8, 4) is 0 Å². The van der Waals surface area contributed by atoms with Crippen LogP contribution in [0, 0.1) is 0 Å². The van der Waals surface area contributed by atoms with Gasteiger partial charge in [0.05, 0.1) is 21.1 Å². The first kappa shape index (κ1) is 10.8. The molecule has 0 fully saturated rings. The molecule has 8 heavy (non-hydrogen) atoms. The molecule has 0 atom stereocenters. The minimum atomic E-state index is 0. The van der Waals surface area contributed by atoms with Crippen LogP contribution in [0.4, 0.5) is 0 Å². The predicted octanol–water partition coefficient (Wildman–Crippen LogP) is 1.50. The second-order valence-corrected chi connectivity index (χ2v) is 2.65. The van der Waals surface area contributed by atoms with Gasteiger partial charge in [-0.2, -0.15) is 4.65 Å². The second kappa shape index (κ2) is 5.06. The van der Waals surface area contributed by atoms with Crippen LogP contribution >= 0.6 is 0 Å². The quantitative estimate of drug-likeness (QED) is 0.379. The van der Waals surface area contributed by atoms with Crippen molar-refractivity contribution in [2.75, 3.05) is 21.1 Å². The molecule has 0 spiro atoms. The van der Waals surface area contributed by atoms with E-state index in [4.69, 9.17) is 5.21 Å². The summed E-state index contributed by atoms with van der Waals surface area (Å²) in [6.45, 7) is 4.25. The molecular formula is C6H18NO+. The van der Waals surface area contributed by atoms with Crippen LogP contribution in [0.25, 0.3) is 0 Å². The predicted molar refractivity (Wildman–Crippen MR) is 35.8 cm³/mol. The first-order valence-electron chi connectivity index (χ1n) is 2.96. The zero-order valence-corrected chi connectivity index (χ0v) is 6.60. The molecule has 0 aromatic carbocycles. The summed E-state index contributed by atoms with van der Waals surface area (Å²) in [5.74, 6) is 0. The molecule has 1 N–H and O–H groups in total. The minimum Gasteiger partial charge on any atom is -0.218 e. The van der Waals surface area contributed by atoms with Crippen LogP contribution in [-0.2, 0) is 0 Å². The van der Waals surface area contributed by atoms with Gasteiger partial charge in [0.2, 0.25) is 0 Å². The molecule has 2 heteroatoms. The first-order valence-corrected chi connectivity index (χ1v) is 2.96. The van der Waals surface area contributed by atoms with E-state index in [1.807, 2.05) is 0 Å². The normalized spacial score (nSPS) is 9.75. The van der Waals surface area contributed by atoms with Gasteiger partial charge in [-0.05, 0) is 0 Å². The number of quaternary nitrogens is 1. The Morgan fingerprint density at radius 2 is 1.12 bits per heavy atom. The summed E-state index contributed by atoms with van der Waals surface area (Å²) < 4.78 is 0. The zero-order valence-electron chi connectivity index (χ0n) is 6.60. The Hall–Kier alpha value is -0.0800. The molecule has 0 amide bonds. The topological polar surface area (TPSA) is 20.2 Å². The lowest BCUT2D eigenvalue weighted by Crippen LogP contribution is -2.28. The highest BCUT2D eigenvalue weighted by Gasteiger charge is 1.92. The summed E-state index contributed by atoms with van der Waals surface area (Å²) in [4.78, 5) is 0. The summed E-state index contributed by atoms with van der Waals surface area (Å²) in [6.07, 6.45) is 1.25. The molecule has 52 valence electrons. The van der Waals surface area contributed by atoms with Gasteiger partial charge in [0.1, 0.15) is 0 Å². The Morgan fingerprint density at radius 1 is 1.12 bits per heavy atom. The Kier molecular flexibility index (Phi) is 6.85. The Morgan fingerprint density at radius 3 is 1.12 bits per heavy atom. The van der Waals surface area contributed by atoms with E-state index in [0.717, 1.165) is 0 Å². The number of nitrogens with zero attached hydrogens (tertiary/aromatic N) is 1. The van der Waals surface area contributed by atoms with Gasteiger partial charge in [0, 0.05) is 0 Å². The van der Waals surface area contributed by atoms with Gasteiger partial charge >= 0.3 is 0 Å². The monoisotopic (exact) mass is 120 g/mol. The van der Waals surface area contributed by atoms with Crippen LogP contribution in [0.15, 0.2) is 0 Å². The number of hydroxylamine groups is 3. The van der Waals surface area contributed by atoms with Crippen LogP contribution in [0.2, 0.25) is 0 Å². The lowest BCUT2D eigenvalue weighted by molar-refractivity contribution is -1.06. The van der Waals surface area contributed by atoms with Crippen molar-refractivity contribution in [3.05, 3.63) is 0 Å². The van der Waals surface area contributed by atoms with Crippen molar-refractivity contribution in [2.24, 2.45) is 0 Å². The molecule has 0 saturated carbocycles. The molecular weight excluding hydrogens is 102 g/mol. The third kappa shape index (κ3) is 22400. The number of hydrogen-bond acceptors (Lipinski definition) is 1. The van der Waals surface area contributed by atoms with Crippen molar-refractivity contribution in [3.63, 3.8) is 0 Å². The van der Waals surface area contributed by atoms with Crippen molar-refractivity contribution in [2.45, 2.75) is 20.3 Å². The van der Waals surface area contributed by atoms with E-state index < -0.39 is 0 Å². The molecule has 0 heterocycles. The Labute approximate surface area is 52.3 Å². The second-order valence-electron chi connectivity index (χ2n) is 2.65. The van der Waals surface area contributed by atoms with Crippen LogP contribution in [-0.4, -0.2) is 31.0 Å². The summed E-state index contributed by atoms with van der Waals surface area (Å²) in [6, 6.07) is 0. The van der Waals surface area contributed by atoms with E-state index in [-0.39, 0.29) is 4.65 Å². The van der Waals surface area contributed by atoms with Crippen molar-refractivity contribution < 1.29 is 9.85 Å². The van der Waals surface area contributed by atoms with Crippen LogP contribution in [0.3, 0.4) is 0 Å². The van der Waals surface area contributed by atoms with E-state index in [2.05, 4.69) is 13.8 Å². The van der Waals surface area contributed by atoms with Crippen LogP contribution in [0.1, 0.15) is 20.3 Å². The fraction of sp³-hybridized carbons (Fsp3) is 1.00. The molecule has 2 nitrogen and oxygen atoms in total. The summed E-state index contributed by atoms with van der Waals surface area (Å²) >= 11 is 0. The SMILES string of the molecule is CCC.C[N+](C)(C)O. The van der Waals surface area contributed by atoms with E-state index in [0.29, 0.717) is 0 Å². The molecule has 0 rings (SSSR count). The molecule has 0 aromatic rings. The van der Waals surface area contributed by atoms with Crippen LogP contribution in [0.5, 0.6) is 0 Å². The summed E-state index contributed by atoms with van der Waals surface area (Å²) in [7, 11) is 5.04. The molecule has 0 radical (unpaired) electrons. The van der Waals surface area contributed by atoms with E-state index in [9.17, 15) is 0 Å². The third-order valence-corrected chi connectivity index (χ3v) is 0. The minimum absolute atomic E-state index is 0. The van der Waals surface area contributed by atoms with Gasteiger partial charge in [-0.1, -0.05) is 20.3 Å². The molecule has 0 aliphatic carbocycles. The highest BCUT2D eigenvalue weighted by Crippen LogP contribution is 1.72. The van der Waals surface area contributed by atoms with E-state index in [1.54, 1.807) is 21.1 Å². The Balaban J connectivity index is 0. The zero-order chi connectivity index (χ0) is 7.21. The van der Waals surface area contributed by atoms with Gasteiger partial charge in [-0.3, -0.25) is 0 Å². The van der Waals surface area contributed by atoms with Gasteiger partial charge in [-0.25, -0.2) is 5.21 Å². The molecule has 0 bridgehead atoms. The van der Waals surface area contributed by atoms with Gasteiger partial charge < -0.3 is 0 Å². The molecule has 0 aliphatic rings. The molecule has 0 saturated heterocycles. The van der Waals surface area contributed by atoms with Crippen molar-refractivity contribution >= 4 is 0 Å². The van der Waals surface area contributed by atoms with E-state index in [1.165, 1.54) is 6.42 Å². The molecule has 0 aromatic heterocycles. The van der Waals surface area contributed by atoms with Gasteiger partial charge in [0.15, 0.2) is 0 Å². The van der Waals surface area contributed by atoms with Gasteiger partial charge in [0.25, 0.3) is 0 Å². The maximum Gasteiger partial charge on any atom is 0.0979 e. The third-order valence-electron chi connectivity index (χ3n) is 0. The summed E-state index contributed by atoms with van der Waals surface area (Å²) in [5, 5.41) is 8.46. The smallest absolute Gasteiger partial charge is 0.0979 e. The highest BCUT2D eigenvalue weighted by atomic mass is 16.5. The van der Waals surface area contributed by atoms with Crippen molar-refractivity contribution in [1.29, 1.82) is 0 Å². The summed E-state index contributed by atoms with van der Waals surface area (Å²) in [5.41, 5.74) is 0. The standard InChI is InChI=1S/C3H10NO.C3H8/c1-4(2,3)5;1-3-2/h5H,1-3H3;3H2,1-2H3/q+1;. The van der Waals surface area contributed by atoms with E-state index >= 15 is 0 Å². The highest BCUT2D eigenvalue weighted by molar-refractivity contribution is 3.92. The first-order chi connectivity index (χ1) is 3.41. The maximum absolute atomic E-state index is 8.46. The number of rotatable bonds is 0. The fourth-order valence-corrected chi connectivity index (χ4v) is 0. The van der Waals surface area contributed by atoms with Gasteiger partial charge in [-0.15, -0.1) is 0 Å². The average molecular weight is 120 g/mol. The molecule has 0 aliphatic heterocycles. The largest absolute Gasteiger partial charge is 0.218 e. The fourth-order valence-electron chi connectivity index (χ4n) is 0. The lowest BCUT2D eigenvalue weighted by Gasteiger charge is -2.09. The molecule has 0 unspecified atom stereocenters.